The minimum absolute atomic E-state index is 0.102. The van der Waals surface area contributed by atoms with Gasteiger partial charge >= 0.3 is 0 Å². The normalized spacial score (nSPS) is 21.5. The Labute approximate surface area is 181 Å². The Morgan fingerprint density at radius 1 is 1.03 bits per heavy atom. The summed E-state index contributed by atoms with van der Waals surface area (Å²) in [4.78, 5) is 16.2. The highest BCUT2D eigenvalue weighted by Crippen LogP contribution is 2.21. The number of nitrogens with zero attached hydrogens (tertiary/aromatic N) is 4. The van der Waals surface area contributed by atoms with Crippen LogP contribution >= 0.6 is 0 Å². The van der Waals surface area contributed by atoms with Crippen molar-refractivity contribution in [3.63, 3.8) is 0 Å². The summed E-state index contributed by atoms with van der Waals surface area (Å²) in [5, 5.41) is 1.17. The lowest BCUT2D eigenvalue weighted by Gasteiger charge is -2.35. The first-order valence-electron chi connectivity index (χ1n) is 9.76. The van der Waals surface area contributed by atoms with Crippen LogP contribution in [0.5, 0.6) is 0 Å². The molecule has 0 bridgehead atoms. The second kappa shape index (κ2) is 8.40. The van der Waals surface area contributed by atoms with Crippen molar-refractivity contribution in [3.8, 4) is 0 Å². The maximum atomic E-state index is 13.0. The smallest absolute Gasteiger partial charge is 0.257 e. The lowest BCUT2D eigenvalue weighted by molar-refractivity contribution is -0.127. The number of sulfonamides is 2. The summed E-state index contributed by atoms with van der Waals surface area (Å²) in [6.45, 7) is 0.967. The van der Waals surface area contributed by atoms with Crippen LogP contribution in [-0.4, -0.2) is 81.2 Å². The number of fused-ring (bicyclic) bond motifs is 1. The maximum Gasteiger partial charge on any atom is 0.257 e. The number of carbonyl (C=O) groups is 1. The van der Waals surface area contributed by atoms with Crippen LogP contribution in [0.4, 0.5) is 0 Å². The molecular formula is C20H22N4O5S2. The molecule has 1 aromatic carbocycles. The van der Waals surface area contributed by atoms with Gasteiger partial charge in [-0.1, -0.05) is 30.3 Å². The molecular weight excluding hydrogens is 440 g/mol. The molecule has 1 fully saturated rings. The summed E-state index contributed by atoms with van der Waals surface area (Å²) < 4.78 is 54.1. The summed E-state index contributed by atoms with van der Waals surface area (Å²) in [5.74, 6) is -0.336. The summed E-state index contributed by atoms with van der Waals surface area (Å²) >= 11 is 0. The van der Waals surface area contributed by atoms with Crippen molar-refractivity contribution in [3.05, 3.63) is 65.2 Å². The molecule has 1 saturated heterocycles. The third kappa shape index (κ3) is 4.78. The van der Waals surface area contributed by atoms with Crippen molar-refractivity contribution >= 4 is 37.9 Å². The molecule has 0 saturated carbocycles. The van der Waals surface area contributed by atoms with Gasteiger partial charge in [0.05, 0.1) is 11.3 Å². The van der Waals surface area contributed by atoms with E-state index in [1.165, 1.54) is 14.6 Å². The minimum atomic E-state index is -3.61. The largest absolute Gasteiger partial charge is 0.336 e. The Bertz CT molecular complexity index is 1190. The molecule has 0 aromatic heterocycles. The van der Waals surface area contributed by atoms with Gasteiger partial charge in [-0.3, -0.25) is 4.79 Å². The number of hydrogen-bond acceptors (Lipinski definition) is 6. The van der Waals surface area contributed by atoms with Crippen LogP contribution in [-0.2, 0) is 24.8 Å². The fourth-order valence-electron chi connectivity index (χ4n) is 3.51. The van der Waals surface area contributed by atoms with Crippen molar-refractivity contribution in [2.75, 3.05) is 38.5 Å². The van der Waals surface area contributed by atoms with Gasteiger partial charge in [0.1, 0.15) is 0 Å². The van der Waals surface area contributed by atoms with Crippen LogP contribution in [0.15, 0.2) is 64.1 Å². The van der Waals surface area contributed by atoms with Gasteiger partial charge < -0.3 is 9.80 Å². The highest BCUT2D eigenvalue weighted by molar-refractivity contribution is 7.92. The maximum absolute atomic E-state index is 13.0. The first-order chi connectivity index (χ1) is 14.8. The number of amidine groups is 1. The topological polar surface area (TPSA) is 107 Å². The van der Waals surface area contributed by atoms with E-state index in [1.807, 2.05) is 30.3 Å². The number of piperazine rings is 1. The lowest BCUT2D eigenvalue weighted by atomic mass is 10.1. The number of amides is 1. The average molecular weight is 463 g/mol. The minimum Gasteiger partial charge on any atom is -0.336 e. The first-order valence-corrected chi connectivity index (χ1v) is 12.9. The van der Waals surface area contributed by atoms with Crippen LogP contribution in [0, 0.1) is 0 Å². The molecule has 1 amide bonds. The third-order valence-corrected chi connectivity index (χ3v) is 7.92. The Morgan fingerprint density at radius 2 is 1.74 bits per heavy atom. The highest BCUT2D eigenvalue weighted by atomic mass is 32.2. The molecule has 9 nitrogen and oxygen atoms in total. The molecule has 0 atom stereocenters. The number of carbonyl (C=O) groups excluding carboxylic acids is 1. The van der Waals surface area contributed by atoms with Crippen LogP contribution in [0.1, 0.15) is 5.56 Å². The molecule has 0 radical (unpaired) electrons. The van der Waals surface area contributed by atoms with Crippen molar-refractivity contribution in [2.45, 2.75) is 0 Å². The molecule has 3 heterocycles. The van der Waals surface area contributed by atoms with E-state index in [1.54, 1.807) is 29.3 Å². The second-order valence-electron chi connectivity index (χ2n) is 7.27. The summed E-state index contributed by atoms with van der Waals surface area (Å²) in [6.07, 6.45) is 6.46. The zero-order chi connectivity index (χ0) is 22.1. The zero-order valence-electron chi connectivity index (χ0n) is 16.7. The van der Waals surface area contributed by atoms with Gasteiger partial charge in [0.25, 0.3) is 15.9 Å². The molecule has 1 aromatic rings. The van der Waals surface area contributed by atoms with Gasteiger partial charge in [0, 0.05) is 44.3 Å². The van der Waals surface area contributed by atoms with Crippen molar-refractivity contribution < 1.29 is 21.6 Å². The van der Waals surface area contributed by atoms with Crippen LogP contribution in [0.3, 0.4) is 0 Å². The molecule has 0 N–H and O–H groups in total. The Kier molecular flexibility index (Phi) is 5.82. The van der Waals surface area contributed by atoms with E-state index >= 15 is 0 Å². The molecule has 0 unspecified atom stereocenters. The Balaban J connectivity index is 1.43. The number of benzene rings is 1. The van der Waals surface area contributed by atoms with Crippen molar-refractivity contribution in [1.82, 2.24) is 14.1 Å². The quantitative estimate of drug-likeness (QED) is 0.650. The predicted octanol–water partition coefficient (Wildman–Crippen LogP) is 0.629. The molecule has 164 valence electrons. The molecule has 0 spiro atoms. The third-order valence-electron chi connectivity index (χ3n) is 5.21. The van der Waals surface area contributed by atoms with Gasteiger partial charge in [-0.15, -0.1) is 4.40 Å². The fourth-order valence-corrected chi connectivity index (χ4v) is 5.67. The number of allylic oxidation sites excluding steroid dienone is 2. The second-order valence-corrected chi connectivity index (χ2v) is 10.8. The van der Waals surface area contributed by atoms with E-state index in [2.05, 4.69) is 4.40 Å². The molecule has 31 heavy (non-hydrogen) atoms. The Morgan fingerprint density at radius 3 is 2.45 bits per heavy atom. The Hall–Kier alpha value is -2.76. The monoisotopic (exact) mass is 462 g/mol. The molecule has 3 aliphatic heterocycles. The standard InChI is InChI=1S/C20H22N4O5S2/c25-20(18-7-4-9-22-14-16-30(26,27)21-19(18)22)23-10-12-24(13-11-23)31(28,29)15-8-17-5-2-1-3-6-17/h1-9,15H,10-14,16H2/b15-8+. The van der Waals surface area contributed by atoms with E-state index in [9.17, 15) is 21.6 Å². The molecule has 0 aliphatic carbocycles. The van der Waals surface area contributed by atoms with Gasteiger partial charge in [0.15, 0.2) is 5.84 Å². The summed E-state index contributed by atoms with van der Waals surface area (Å²) in [7, 11) is -7.21. The first kappa shape index (κ1) is 21.5. The summed E-state index contributed by atoms with van der Waals surface area (Å²) in [5.41, 5.74) is 0.982. The van der Waals surface area contributed by atoms with Crippen molar-refractivity contribution in [1.29, 1.82) is 0 Å². The van der Waals surface area contributed by atoms with E-state index < -0.39 is 20.0 Å². The lowest BCUT2D eigenvalue weighted by Crippen LogP contribution is -2.52. The van der Waals surface area contributed by atoms with Gasteiger partial charge in [0.2, 0.25) is 10.0 Å². The molecule has 11 heteroatoms. The predicted molar refractivity (Wildman–Crippen MR) is 118 cm³/mol. The van der Waals surface area contributed by atoms with E-state index in [0.29, 0.717) is 0 Å². The van der Waals surface area contributed by atoms with E-state index in [0.717, 1.165) is 5.56 Å². The number of hydrogen-bond donors (Lipinski definition) is 0. The molecule has 3 aliphatic rings. The van der Waals surface area contributed by atoms with Crippen LogP contribution in [0.2, 0.25) is 0 Å². The van der Waals surface area contributed by atoms with E-state index in [-0.39, 0.29) is 55.8 Å². The van der Waals surface area contributed by atoms with E-state index in [4.69, 9.17) is 0 Å². The number of rotatable bonds is 4. The SMILES string of the molecule is O=C(C1=CC=CN2CCS(=O)(=O)N=C12)N1CCN(S(=O)(=O)/C=C/c2ccccc2)CC1. The van der Waals surface area contributed by atoms with Crippen LogP contribution < -0.4 is 0 Å². The van der Waals surface area contributed by atoms with Gasteiger partial charge in [-0.25, -0.2) is 16.8 Å². The van der Waals surface area contributed by atoms with Crippen LogP contribution in [0.25, 0.3) is 6.08 Å². The van der Waals surface area contributed by atoms with Gasteiger partial charge in [-0.2, -0.15) is 4.31 Å². The zero-order valence-corrected chi connectivity index (χ0v) is 18.3. The van der Waals surface area contributed by atoms with Crippen molar-refractivity contribution in [2.24, 2.45) is 4.40 Å². The van der Waals surface area contributed by atoms with Gasteiger partial charge in [-0.05, 0) is 23.8 Å². The molecule has 4 rings (SSSR count). The average Bonchev–Trinajstić information content (AvgIpc) is 2.77. The summed E-state index contributed by atoms with van der Waals surface area (Å²) in [6, 6.07) is 9.13. The highest BCUT2D eigenvalue weighted by Gasteiger charge is 2.34. The fraction of sp³-hybridized carbons (Fsp3) is 0.300.